The first kappa shape index (κ1) is 7.53. The Morgan fingerprint density at radius 3 is 3.00 bits per heavy atom. The minimum absolute atomic E-state index is 0.678. The number of hydrogen-bond donors (Lipinski definition) is 1. The average molecular weight is 155 g/mol. The second-order valence-electron chi connectivity index (χ2n) is 3.79. The summed E-state index contributed by atoms with van der Waals surface area (Å²) in [5, 5.41) is 3.48. The Morgan fingerprint density at radius 2 is 2.18 bits per heavy atom. The maximum absolute atomic E-state index is 3.48. The molecule has 0 aromatic carbocycles. The van der Waals surface area contributed by atoms with E-state index in [2.05, 4.69) is 29.1 Å². The monoisotopic (exact) mass is 155 g/mol. The van der Waals surface area contributed by atoms with Crippen molar-refractivity contribution in [3.05, 3.63) is 0 Å². The zero-order valence-electron chi connectivity index (χ0n) is 7.38. The van der Waals surface area contributed by atoms with Gasteiger partial charge in [-0.2, -0.15) is 0 Å². The summed E-state index contributed by atoms with van der Waals surface area (Å²) in [6.45, 7) is 7.07. The van der Waals surface area contributed by atoms with E-state index in [4.69, 9.17) is 0 Å². The van der Waals surface area contributed by atoms with Crippen LogP contribution in [0.3, 0.4) is 0 Å². The summed E-state index contributed by atoms with van der Waals surface area (Å²) < 4.78 is 0. The topological polar surface area (TPSA) is 18.5 Å². The molecule has 2 aliphatic rings. The van der Waals surface area contributed by atoms with Crippen molar-refractivity contribution in [1.82, 2.24) is 15.1 Å². The molecule has 0 aromatic heterocycles. The molecule has 0 saturated carbocycles. The van der Waals surface area contributed by atoms with E-state index in [0.29, 0.717) is 6.04 Å². The predicted molar refractivity (Wildman–Crippen MR) is 45.5 cm³/mol. The van der Waals surface area contributed by atoms with Gasteiger partial charge in [0.25, 0.3) is 0 Å². The van der Waals surface area contributed by atoms with Crippen LogP contribution in [0.25, 0.3) is 0 Å². The molecule has 0 aromatic rings. The first-order valence-corrected chi connectivity index (χ1v) is 4.43. The van der Waals surface area contributed by atoms with Gasteiger partial charge in [-0.05, 0) is 14.0 Å². The van der Waals surface area contributed by atoms with Crippen LogP contribution < -0.4 is 5.32 Å². The zero-order chi connectivity index (χ0) is 7.84. The molecule has 3 heteroatoms. The summed E-state index contributed by atoms with van der Waals surface area (Å²) in [5.41, 5.74) is 0. The zero-order valence-corrected chi connectivity index (χ0v) is 7.38. The Balaban J connectivity index is 2.01. The van der Waals surface area contributed by atoms with Gasteiger partial charge in [0.15, 0.2) is 0 Å². The van der Waals surface area contributed by atoms with Crippen LogP contribution in [0.4, 0.5) is 0 Å². The highest BCUT2D eigenvalue weighted by molar-refractivity contribution is 4.92. The van der Waals surface area contributed by atoms with Gasteiger partial charge in [0.1, 0.15) is 0 Å². The summed E-state index contributed by atoms with van der Waals surface area (Å²) in [4.78, 5) is 4.97. The first-order chi connectivity index (χ1) is 5.27. The number of rotatable bonds is 0. The largest absolute Gasteiger partial charge is 0.303 e. The quantitative estimate of drug-likeness (QED) is 0.511. The van der Waals surface area contributed by atoms with Gasteiger partial charge in [-0.25, -0.2) is 0 Å². The lowest BCUT2D eigenvalue weighted by molar-refractivity contribution is 0.120. The molecule has 0 aliphatic carbocycles. The third-order valence-corrected chi connectivity index (χ3v) is 2.93. The molecule has 0 amide bonds. The van der Waals surface area contributed by atoms with E-state index >= 15 is 0 Å². The Kier molecular flexibility index (Phi) is 1.87. The van der Waals surface area contributed by atoms with E-state index < -0.39 is 0 Å². The molecule has 2 fully saturated rings. The lowest BCUT2D eigenvalue weighted by atomic mass is 10.1. The van der Waals surface area contributed by atoms with Gasteiger partial charge in [-0.1, -0.05) is 0 Å². The SMILES string of the molecule is CC1NCN2CCN(C)CC12. The average Bonchev–Trinajstić information content (AvgIpc) is 2.33. The predicted octanol–water partition coefficient (Wildman–Crippen LogP) is -0.448. The van der Waals surface area contributed by atoms with Gasteiger partial charge in [0.2, 0.25) is 0 Å². The molecule has 2 atom stereocenters. The van der Waals surface area contributed by atoms with Crippen molar-refractivity contribution in [1.29, 1.82) is 0 Å². The maximum atomic E-state index is 3.48. The van der Waals surface area contributed by atoms with Crippen molar-refractivity contribution in [2.45, 2.75) is 19.0 Å². The van der Waals surface area contributed by atoms with Crippen molar-refractivity contribution < 1.29 is 0 Å². The van der Waals surface area contributed by atoms with Crippen molar-refractivity contribution in [2.24, 2.45) is 0 Å². The fraction of sp³-hybridized carbons (Fsp3) is 1.00. The first-order valence-electron chi connectivity index (χ1n) is 4.43. The molecule has 0 bridgehead atoms. The Labute approximate surface area is 68.4 Å². The van der Waals surface area contributed by atoms with Gasteiger partial charge in [0, 0.05) is 38.4 Å². The van der Waals surface area contributed by atoms with Gasteiger partial charge in [0.05, 0.1) is 0 Å². The number of piperazine rings is 1. The van der Waals surface area contributed by atoms with E-state index in [-0.39, 0.29) is 0 Å². The van der Waals surface area contributed by atoms with Crippen LogP contribution in [0.15, 0.2) is 0 Å². The van der Waals surface area contributed by atoms with Gasteiger partial charge >= 0.3 is 0 Å². The molecular weight excluding hydrogens is 138 g/mol. The van der Waals surface area contributed by atoms with Crippen LogP contribution in [-0.2, 0) is 0 Å². The van der Waals surface area contributed by atoms with Crippen molar-refractivity contribution >= 4 is 0 Å². The van der Waals surface area contributed by atoms with E-state index in [1.54, 1.807) is 0 Å². The summed E-state index contributed by atoms with van der Waals surface area (Å²) in [6, 6.07) is 1.44. The molecule has 2 heterocycles. The molecule has 3 nitrogen and oxygen atoms in total. The van der Waals surface area contributed by atoms with Crippen LogP contribution in [0, 0.1) is 0 Å². The smallest absolute Gasteiger partial charge is 0.0487 e. The van der Waals surface area contributed by atoms with Crippen LogP contribution in [0.1, 0.15) is 6.92 Å². The van der Waals surface area contributed by atoms with E-state index in [0.717, 1.165) is 12.7 Å². The minimum atomic E-state index is 0.678. The molecule has 64 valence electrons. The summed E-state index contributed by atoms with van der Waals surface area (Å²) >= 11 is 0. The second-order valence-corrected chi connectivity index (χ2v) is 3.79. The van der Waals surface area contributed by atoms with Gasteiger partial charge < -0.3 is 10.2 Å². The van der Waals surface area contributed by atoms with Crippen LogP contribution in [0.5, 0.6) is 0 Å². The second kappa shape index (κ2) is 2.73. The molecule has 0 radical (unpaired) electrons. The van der Waals surface area contributed by atoms with Crippen LogP contribution in [0.2, 0.25) is 0 Å². The number of nitrogens with zero attached hydrogens (tertiary/aromatic N) is 2. The molecule has 2 aliphatic heterocycles. The van der Waals surface area contributed by atoms with E-state index in [1.807, 2.05) is 0 Å². The highest BCUT2D eigenvalue weighted by Gasteiger charge is 2.33. The van der Waals surface area contributed by atoms with Gasteiger partial charge in [-0.15, -0.1) is 0 Å². The fourth-order valence-electron chi connectivity index (χ4n) is 2.06. The number of nitrogens with one attached hydrogen (secondary N) is 1. The molecule has 2 saturated heterocycles. The molecule has 2 rings (SSSR count). The fourth-order valence-corrected chi connectivity index (χ4v) is 2.06. The van der Waals surface area contributed by atoms with E-state index in [9.17, 15) is 0 Å². The molecular formula is C8H17N3. The summed E-state index contributed by atoms with van der Waals surface area (Å²) in [5.74, 6) is 0. The van der Waals surface area contributed by atoms with Crippen molar-refractivity contribution in [3.8, 4) is 0 Å². The summed E-state index contributed by atoms with van der Waals surface area (Å²) in [7, 11) is 2.21. The molecule has 11 heavy (non-hydrogen) atoms. The lowest BCUT2D eigenvalue weighted by Gasteiger charge is -2.35. The lowest BCUT2D eigenvalue weighted by Crippen LogP contribution is -2.51. The van der Waals surface area contributed by atoms with Gasteiger partial charge in [-0.3, -0.25) is 4.90 Å². The molecule has 1 N–H and O–H groups in total. The Morgan fingerprint density at radius 1 is 1.36 bits per heavy atom. The third kappa shape index (κ3) is 1.28. The van der Waals surface area contributed by atoms with Crippen LogP contribution >= 0.6 is 0 Å². The highest BCUT2D eigenvalue weighted by Crippen LogP contribution is 2.15. The molecule has 0 spiro atoms. The Bertz CT molecular complexity index is 148. The highest BCUT2D eigenvalue weighted by atomic mass is 15.4. The normalized spacial score (nSPS) is 40.9. The minimum Gasteiger partial charge on any atom is -0.303 e. The Hall–Kier alpha value is -0.120. The third-order valence-electron chi connectivity index (χ3n) is 2.93. The maximum Gasteiger partial charge on any atom is 0.0487 e. The van der Waals surface area contributed by atoms with Crippen LogP contribution in [-0.4, -0.2) is 55.2 Å². The van der Waals surface area contributed by atoms with E-state index in [1.165, 1.54) is 19.6 Å². The number of likely N-dealkylation sites (N-methyl/N-ethyl adjacent to an activating group) is 1. The number of hydrogen-bond acceptors (Lipinski definition) is 3. The summed E-state index contributed by atoms with van der Waals surface area (Å²) in [6.07, 6.45) is 0. The van der Waals surface area contributed by atoms with Crippen molar-refractivity contribution in [2.75, 3.05) is 33.4 Å². The molecule has 2 unspecified atom stereocenters. The standard InChI is InChI=1S/C8H17N3/c1-7-8-5-10(2)3-4-11(8)6-9-7/h7-9H,3-6H2,1-2H3. The number of fused-ring (bicyclic) bond motifs is 1. The van der Waals surface area contributed by atoms with Crippen molar-refractivity contribution in [3.63, 3.8) is 0 Å².